The fourth-order valence-electron chi connectivity index (χ4n) is 2.02. The maximum absolute atomic E-state index is 12.6. The summed E-state index contributed by atoms with van der Waals surface area (Å²) >= 11 is 5.98. The van der Waals surface area contributed by atoms with Gasteiger partial charge in [0, 0.05) is 6.04 Å². The maximum atomic E-state index is 12.6. The Balaban J connectivity index is 2.38. The van der Waals surface area contributed by atoms with Gasteiger partial charge in [-0.15, -0.1) is 0 Å². The summed E-state index contributed by atoms with van der Waals surface area (Å²) in [6.45, 7) is 1.61. The lowest BCUT2D eigenvalue weighted by Crippen LogP contribution is -2.31. The number of nitrogens with two attached hydrogens (primary N) is 1. The Labute approximate surface area is 124 Å². The van der Waals surface area contributed by atoms with E-state index >= 15 is 0 Å². The zero-order chi connectivity index (χ0) is 14.8. The third kappa shape index (κ3) is 2.87. The second-order valence-electron chi connectivity index (χ2n) is 4.62. The van der Waals surface area contributed by atoms with Crippen molar-refractivity contribution in [3.63, 3.8) is 0 Å². The van der Waals surface area contributed by atoms with Gasteiger partial charge in [-0.1, -0.05) is 54.1 Å². The lowest BCUT2D eigenvalue weighted by atomic mass is 10.1. The molecule has 0 aromatic heterocycles. The summed E-state index contributed by atoms with van der Waals surface area (Å²) in [5.74, 6) is 0. The average molecular weight is 310 g/mol. The van der Waals surface area contributed by atoms with Crippen LogP contribution in [-0.2, 0) is 9.84 Å². The Bertz CT molecular complexity index is 686. The summed E-state index contributed by atoms with van der Waals surface area (Å²) in [5.41, 5.74) is 6.88. The monoisotopic (exact) mass is 309 g/mol. The van der Waals surface area contributed by atoms with E-state index in [1.807, 2.05) is 30.3 Å². The second kappa shape index (κ2) is 5.95. The van der Waals surface area contributed by atoms with Crippen molar-refractivity contribution in [2.24, 2.45) is 5.73 Å². The third-order valence-corrected chi connectivity index (χ3v) is 6.01. The molecule has 2 unspecified atom stereocenters. The molecule has 3 nitrogen and oxygen atoms in total. The topological polar surface area (TPSA) is 60.2 Å². The van der Waals surface area contributed by atoms with E-state index in [4.69, 9.17) is 17.3 Å². The van der Waals surface area contributed by atoms with Gasteiger partial charge in [-0.25, -0.2) is 8.42 Å². The minimum Gasteiger partial charge on any atom is -0.323 e. The van der Waals surface area contributed by atoms with Crippen molar-refractivity contribution in [3.05, 3.63) is 65.2 Å². The van der Waals surface area contributed by atoms with Gasteiger partial charge in [0.1, 0.15) is 0 Å². The number of rotatable bonds is 4. The van der Waals surface area contributed by atoms with E-state index in [1.165, 1.54) is 6.07 Å². The minimum atomic E-state index is -3.57. The van der Waals surface area contributed by atoms with Crippen LogP contribution in [0.3, 0.4) is 0 Å². The van der Waals surface area contributed by atoms with Crippen LogP contribution in [0.15, 0.2) is 59.5 Å². The fraction of sp³-hybridized carbons (Fsp3) is 0.200. The Hall–Kier alpha value is -1.36. The van der Waals surface area contributed by atoms with Crippen LogP contribution in [-0.4, -0.2) is 13.7 Å². The first-order chi connectivity index (χ1) is 9.44. The van der Waals surface area contributed by atoms with Crippen molar-refractivity contribution in [3.8, 4) is 0 Å². The van der Waals surface area contributed by atoms with Crippen LogP contribution in [0.4, 0.5) is 0 Å². The number of benzene rings is 2. The molecule has 0 heterocycles. The third-order valence-electron chi connectivity index (χ3n) is 3.32. The first-order valence-electron chi connectivity index (χ1n) is 6.23. The van der Waals surface area contributed by atoms with Crippen LogP contribution in [0.5, 0.6) is 0 Å². The lowest BCUT2D eigenvalue weighted by Gasteiger charge is -2.21. The smallest absolute Gasteiger partial charge is 0.184 e. The molecule has 106 valence electrons. The van der Waals surface area contributed by atoms with Crippen molar-refractivity contribution in [2.75, 3.05) is 0 Å². The summed E-state index contributed by atoms with van der Waals surface area (Å²) in [4.78, 5) is 0.126. The van der Waals surface area contributed by atoms with E-state index in [2.05, 4.69) is 0 Å². The molecule has 0 aliphatic heterocycles. The molecule has 2 aromatic rings. The van der Waals surface area contributed by atoms with Crippen LogP contribution in [0.2, 0.25) is 5.02 Å². The van der Waals surface area contributed by atoms with Gasteiger partial charge < -0.3 is 5.73 Å². The quantitative estimate of drug-likeness (QED) is 0.943. The van der Waals surface area contributed by atoms with Gasteiger partial charge in [0.05, 0.1) is 15.2 Å². The van der Waals surface area contributed by atoms with Gasteiger partial charge in [0.2, 0.25) is 0 Å². The van der Waals surface area contributed by atoms with Gasteiger partial charge in [-0.3, -0.25) is 0 Å². The highest BCUT2D eigenvalue weighted by Crippen LogP contribution is 2.29. The van der Waals surface area contributed by atoms with Crippen LogP contribution in [0.25, 0.3) is 0 Å². The Morgan fingerprint density at radius 3 is 2.15 bits per heavy atom. The summed E-state index contributed by atoms with van der Waals surface area (Å²) in [5, 5.41) is -0.538. The second-order valence-corrected chi connectivity index (χ2v) is 7.30. The number of sulfone groups is 1. The predicted octanol–water partition coefficient (Wildman–Crippen LogP) is 3.20. The Morgan fingerprint density at radius 2 is 1.55 bits per heavy atom. The van der Waals surface area contributed by atoms with Crippen molar-refractivity contribution in [1.29, 1.82) is 0 Å². The zero-order valence-electron chi connectivity index (χ0n) is 11.0. The van der Waals surface area contributed by atoms with Gasteiger partial charge >= 0.3 is 0 Å². The number of halogens is 1. The van der Waals surface area contributed by atoms with Crippen LogP contribution < -0.4 is 5.73 Å². The standard InChI is InChI=1S/C15H16ClNO2S/c1-11(15(17)12-7-3-2-4-8-12)20(18,19)14-10-6-5-9-13(14)16/h2-11,15H,17H2,1H3. The van der Waals surface area contributed by atoms with Gasteiger partial charge in [-0.2, -0.15) is 0 Å². The molecule has 2 aromatic carbocycles. The predicted molar refractivity (Wildman–Crippen MR) is 81.5 cm³/mol. The van der Waals surface area contributed by atoms with E-state index in [-0.39, 0.29) is 9.92 Å². The molecule has 0 aliphatic carbocycles. The Morgan fingerprint density at radius 1 is 1.00 bits per heavy atom. The molecule has 0 fully saturated rings. The summed E-state index contributed by atoms with van der Waals surface area (Å²) in [7, 11) is -3.57. The number of hydrogen-bond donors (Lipinski definition) is 1. The molecule has 5 heteroatoms. The fourth-order valence-corrected chi connectivity index (χ4v) is 4.03. The molecule has 2 N–H and O–H groups in total. The van der Waals surface area contributed by atoms with Crippen molar-refractivity contribution < 1.29 is 8.42 Å². The van der Waals surface area contributed by atoms with Gasteiger partial charge in [0.15, 0.2) is 9.84 Å². The van der Waals surface area contributed by atoms with Crippen molar-refractivity contribution in [2.45, 2.75) is 23.1 Å². The van der Waals surface area contributed by atoms with Crippen LogP contribution >= 0.6 is 11.6 Å². The van der Waals surface area contributed by atoms with Crippen molar-refractivity contribution in [1.82, 2.24) is 0 Å². The summed E-state index contributed by atoms with van der Waals surface area (Å²) in [6, 6.07) is 15.0. The van der Waals surface area contributed by atoms with Crippen LogP contribution in [0.1, 0.15) is 18.5 Å². The van der Waals surface area contributed by atoms with E-state index in [9.17, 15) is 8.42 Å². The molecule has 0 saturated carbocycles. The molecule has 20 heavy (non-hydrogen) atoms. The molecular formula is C15H16ClNO2S. The Kier molecular flexibility index (Phi) is 4.48. The number of hydrogen-bond acceptors (Lipinski definition) is 3. The molecule has 2 atom stereocenters. The summed E-state index contributed by atoms with van der Waals surface area (Å²) in [6.07, 6.45) is 0. The maximum Gasteiger partial charge on any atom is 0.184 e. The summed E-state index contributed by atoms with van der Waals surface area (Å²) < 4.78 is 25.2. The molecular weight excluding hydrogens is 294 g/mol. The SMILES string of the molecule is CC(C(N)c1ccccc1)S(=O)(=O)c1ccccc1Cl. The first kappa shape index (κ1) is 15.0. The minimum absolute atomic E-state index is 0.126. The largest absolute Gasteiger partial charge is 0.323 e. The molecule has 0 bridgehead atoms. The zero-order valence-corrected chi connectivity index (χ0v) is 12.6. The van der Waals surface area contributed by atoms with Crippen LogP contribution in [0, 0.1) is 0 Å². The van der Waals surface area contributed by atoms with Gasteiger partial charge in [-0.05, 0) is 24.6 Å². The van der Waals surface area contributed by atoms with E-state index in [0.717, 1.165) is 5.56 Å². The van der Waals surface area contributed by atoms with E-state index in [1.54, 1.807) is 25.1 Å². The lowest BCUT2D eigenvalue weighted by molar-refractivity contribution is 0.565. The molecule has 0 saturated heterocycles. The highest BCUT2D eigenvalue weighted by atomic mass is 35.5. The molecule has 0 spiro atoms. The molecule has 0 amide bonds. The highest BCUT2D eigenvalue weighted by molar-refractivity contribution is 7.92. The van der Waals surface area contributed by atoms with Gasteiger partial charge in [0.25, 0.3) is 0 Å². The molecule has 2 rings (SSSR count). The van der Waals surface area contributed by atoms with Crippen molar-refractivity contribution >= 4 is 21.4 Å². The van der Waals surface area contributed by atoms with E-state index in [0.29, 0.717) is 0 Å². The normalized spacial score (nSPS) is 14.8. The first-order valence-corrected chi connectivity index (χ1v) is 8.16. The molecule has 0 aliphatic rings. The molecule has 0 radical (unpaired) electrons. The highest BCUT2D eigenvalue weighted by Gasteiger charge is 2.30. The van der Waals surface area contributed by atoms with E-state index < -0.39 is 21.1 Å². The average Bonchev–Trinajstić information content (AvgIpc) is 2.47.